The summed E-state index contributed by atoms with van der Waals surface area (Å²) in [6, 6.07) is 4.94. The lowest BCUT2D eigenvalue weighted by atomic mass is 10.2. The predicted octanol–water partition coefficient (Wildman–Crippen LogP) is 4.45. The van der Waals surface area contributed by atoms with Crippen molar-refractivity contribution in [2.75, 3.05) is 18.4 Å². The van der Waals surface area contributed by atoms with Crippen molar-refractivity contribution in [2.45, 2.75) is 25.9 Å². The largest absolute Gasteiger partial charge is 0.416 e. The third-order valence-electron chi connectivity index (χ3n) is 3.00. The Labute approximate surface area is 131 Å². The first kappa shape index (κ1) is 16.8. The maximum absolute atomic E-state index is 12.5. The van der Waals surface area contributed by atoms with E-state index >= 15 is 0 Å². The molecule has 0 saturated carbocycles. The maximum atomic E-state index is 12.5. The minimum Gasteiger partial charge on any atom is -0.332 e. The highest BCUT2D eigenvalue weighted by Gasteiger charge is 2.29. The number of hydrogen-bond acceptors (Lipinski definition) is 4. The van der Waals surface area contributed by atoms with Crippen LogP contribution in [0.3, 0.4) is 0 Å². The zero-order valence-corrected chi connectivity index (χ0v) is 13.0. The highest BCUT2D eigenvalue weighted by molar-refractivity contribution is 7.13. The van der Waals surface area contributed by atoms with Crippen molar-refractivity contribution in [3.63, 3.8) is 0 Å². The van der Waals surface area contributed by atoms with E-state index in [4.69, 9.17) is 0 Å². The zero-order valence-electron chi connectivity index (χ0n) is 12.2. The Morgan fingerprint density at radius 3 is 2.50 bits per heavy atom. The van der Waals surface area contributed by atoms with Gasteiger partial charge in [-0.2, -0.15) is 13.2 Å². The first-order valence-electron chi connectivity index (χ1n) is 7.08. The Balaban J connectivity index is 1.90. The van der Waals surface area contributed by atoms with Gasteiger partial charge in [-0.05, 0) is 37.2 Å². The summed E-state index contributed by atoms with van der Waals surface area (Å²) < 4.78 is 37.5. The number of anilines is 2. The second-order valence-corrected chi connectivity index (χ2v) is 5.70. The van der Waals surface area contributed by atoms with Crippen LogP contribution in [0.1, 0.15) is 24.6 Å². The van der Waals surface area contributed by atoms with Crippen molar-refractivity contribution in [3.8, 4) is 0 Å². The molecule has 2 N–H and O–H groups in total. The van der Waals surface area contributed by atoms with Crippen LogP contribution in [0.5, 0.6) is 0 Å². The highest BCUT2D eigenvalue weighted by Crippen LogP contribution is 2.30. The van der Waals surface area contributed by atoms with Crippen LogP contribution in [0.4, 0.5) is 24.0 Å². The lowest BCUT2D eigenvalue weighted by Crippen LogP contribution is -2.17. The topological polar surface area (TPSA) is 37.0 Å². The Morgan fingerprint density at radius 1 is 1.14 bits per heavy atom. The van der Waals surface area contributed by atoms with Crippen LogP contribution in [0, 0.1) is 0 Å². The van der Waals surface area contributed by atoms with E-state index in [1.807, 2.05) is 5.38 Å². The molecule has 0 spiro atoms. The van der Waals surface area contributed by atoms with Crippen LogP contribution in [0.25, 0.3) is 0 Å². The van der Waals surface area contributed by atoms with E-state index in [2.05, 4.69) is 22.5 Å². The first-order valence-corrected chi connectivity index (χ1v) is 7.96. The second-order valence-electron chi connectivity index (χ2n) is 4.84. The van der Waals surface area contributed by atoms with Crippen LogP contribution in [0.2, 0.25) is 0 Å². The molecule has 120 valence electrons. The van der Waals surface area contributed by atoms with Crippen molar-refractivity contribution in [3.05, 3.63) is 40.9 Å². The van der Waals surface area contributed by atoms with E-state index in [1.165, 1.54) is 23.5 Å². The fourth-order valence-electron chi connectivity index (χ4n) is 1.86. The Morgan fingerprint density at radius 2 is 1.86 bits per heavy atom. The number of thiazole rings is 1. The molecule has 0 bridgehead atoms. The number of alkyl halides is 3. The molecule has 0 aliphatic carbocycles. The van der Waals surface area contributed by atoms with Crippen molar-refractivity contribution in [1.82, 2.24) is 10.3 Å². The molecule has 2 aromatic rings. The van der Waals surface area contributed by atoms with E-state index < -0.39 is 11.7 Å². The molecular weight excluding hydrogens is 311 g/mol. The van der Waals surface area contributed by atoms with Gasteiger partial charge in [0.15, 0.2) is 5.13 Å². The van der Waals surface area contributed by atoms with E-state index in [9.17, 15) is 13.2 Å². The molecule has 1 aromatic heterocycles. The average molecular weight is 329 g/mol. The molecule has 0 radical (unpaired) electrons. The molecule has 2 rings (SSSR count). The van der Waals surface area contributed by atoms with Crippen molar-refractivity contribution in [2.24, 2.45) is 0 Å². The number of benzene rings is 1. The third kappa shape index (κ3) is 4.99. The monoisotopic (exact) mass is 329 g/mol. The summed E-state index contributed by atoms with van der Waals surface area (Å²) in [5, 5.41) is 8.97. The summed E-state index contributed by atoms with van der Waals surface area (Å²) in [5.74, 6) is 0. The van der Waals surface area contributed by atoms with Gasteiger partial charge in [-0.3, -0.25) is 0 Å². The summed E-state index contributed by atoms with van der Waals surface area (Å²) in [5.41, 5.74) is 0.917. The number of nitrogens with one attached hydrogen (secondary N) is 2. The van der Waals surface area contributed by atoms with Crippen molar-refractivity contribution < 1.29 is 13.2 Å². The van der Waals surface area contributed by atoms with Crippen LogP contribution >= 0.6 is 11.3 Å². The Bertz CT molecular complexity index is 578. The zero-order chi connectivity index (χ0) is 16.0. The van der Waals surface area contributed by atoms with Gasteiger partial charge in [0.1, 0.15) is 0 Å². The molecular formula is C15H18F3N3S. The summed E-state index contributed by atoms with van der Waals surface area (Å²) in [6.45, 7) is 3.97. The molecule has 7 heteroatoms. The summed E-state index contributed by atoms with van der Waals surface area (Å²) in [4.78, 5) is 4.42. The molecule has 0 aliphatic heterocycles. The summed E-state index contributed by atoms with van der Waals surface area (Å²) >= 11 is 1.45. The van der Waals surface area contributed by atoms with Gasteiger partial charge in [-0.1, -0.05) is 6.92 Å². The lowest BCUT2D eigenvalue weighted by molar-refractivity contribution is -0.137. The number of hydrogen-bond donors (Lipinski definition) is 2. The fourth-order valence-corrected chi connectivity index (χ4v) is 2.63. The van der Waals surface area contributed by atoms with Gasteiger partial charge in [0.2, 0.25) is 0 Å². The Kier molecular flexibility index (Phi) is 5.79. The molecule has 0 fully saturated rings. The van der Waals surface area contributed by atoms with Crippen LogP contribution < -0.4 is 10.6 Å². The number of halogens is 3. The number of aromatic nitrogens is 1. The number of nitrogens with zero attached hydrogens (tertiary/aromatic N) is 1. The SMILES string of the molecule is CCCNCCc1csc(Nc2ccc(C(F)(F)F)cc2)n1. The van der Waals surface area contributed by atoms with E-state index in [1.54, 1.807) is 0 Å². The minimum absolute atomic E-state index is 0.595. The quantitative estimate of drug-likeness (QED) is 0.737. The second kappa shape index (κ2) is 7.60. The molecule has 0 unspecified atom stereocenters. The number of rotatable bonds is 7. The fraction of sp³-hybridized carbons (Fsp3) is 0.400. The molecule has 0 aliphatic rings. The first-order chi connectivity index (χ1) is 10.5. The van der Waals surface area contributed by atoms with Crippen LogP contribution in [-0.4, -0.2) is 18.1 Å². The molecule has 0 saturated heterocycles. The molecule has 0 atom stereocenters. The van der Waals surface area contributed by atoms with Gasteiger partial charge >= 0.3 is 6.18 Å². The van der Waals surface area contributed by atoms with Gasteiger partial charge in [0, 0.05) is 24.0 Å². The van der Waals surface area contributed by atoms with E-state index in [0.717, 1.165) is 43.8 Å². The van der Waals surface area contributed by atoms with E-state index in [-0.39, 0.29) is 0 Å². The average Bonchev–Trinajstić information content (AvgIpc) is 2.91. The van der Waals surface area contributed by atoms with Crippen LogP contribution in [0.15, 0.2) is 29.6 Å². The molecule has 1 aromatic carbocycles. The minimum atomic E-state index is -4.31. The normalized spacial score (nSPS) is 11.6. The van der Waals surface area contributed by atoms with Gasteiger partial charge < -0.3 is 10.6 Å². The van der Waals surface area contributed by atoms with Crippen LogP contribution in [-0.2, 0) is 12.6 Å². The van der Waals surface area contributed by atoms with Gasteiger partial charge in [-0.15, -0.1) is 11.3 Å². The van der Waals surface area contributed by atoms with Crippen molar-refractivity contribution in [1.29, 1.82) is 0 Å². The van der Waals surface area contributed by atoms with Crippen molar-refractivity contribution >= 4 is 22.2 Å². The van der Waals surface area contributed by atoms with Gasteiger partial charge in [0.25, 0.3) is 0 Å². The summed E-state index contributed by atoms with van der Waals surface area (Å²) in [6.07, 6.45) is -2.37. The molecule has 3 nitrogen and oxygen atoms in total. The maximum Gasteiger partial charge on any atom is 0.416 e. The lowest BCUT2D eigenvalue weighted by Gasteiger charge is -2.07. The summed E-state index contributed by atoms with van der Waals surface area (Å²) in [7, 11) is 0. The van der Waals surface area contributed by atoms with Gasteiger partial charge in [0.05, 0.1) is 11.3 Å². The van der Waals surface area contributed by atoms with E-state index in [0.29, 0.717) is 10.8 Å². The Hall–Kier alpha value is -1.60. The molecule has 1 heterocycles. The highest BCUT2D eigenvalue weighted by atomic mass is 32.1. The standard InChI is InChI=1S/C15H18F3N3S/c1-2-8-19-9-7-13-10-22-14(21-13)20-12-5-3-11(4-6-12)15(16,17)18/h3-6,10,19H,2,7-9H2,1H3,(H,20,21). The predicted molar refractivity (Wildman–Crippen MR) is 83.7 cm³/mol. The van der Waals surface area contributed by atoms with Gasteiger partial charge in [-0.25, -0.2) is 4.98 Å². The molecule has 22 heavy (non-hydrogen) atoms. The smallest absolute Gasteiger partial charge is 0.332 e. The molecule has 0 amide bonds. The third-order valence-corrected chi connectivity index (χ3v) is 3.81.